The summed E-state index contributed by atoms with van der Waals surface area (Å²) in [6.07, 6.45) is -1.30. The van der Waals surface area contributed by atoms with Gasteiger partial charge in [0.15, 0.2) is 0 Å². The fourth-order valence-corrected chi connectivity index (χ4v) is 5.80. The summed E-state index contributed by atoms with van der Waals surface area (Å²) in [7, 11) is -2.61. The summed E-state index contributed by atoms with van der Waals surface area (Å²) in [5.41, 5.74) is -0.211. The zero-order valence-corrected chi connectivity index (χ0v) is 22.0. The molecule has 40 heavy (non-hydrogen) atoms. The Labute approximate surface area is 228 Å². The average Bonchev–Trinajstić information content (AvgIpc) is 2.91. The van der Waals surface area contributed by atoms with E-state index in [1.165, 1.54) is 24.4 Å². The predicted molar refractivity (Wildman–Crippen MR) is 135 cm³/mol. The van der Waals surface area contributed by atoms with E-state index in [0.717, 1.165) is 30.6 Å². The predicted octanol–water partition coefficient (Wildman–Crippen LogP) is 4.58. The Morgan fingerprint density at radius 3 is 2.62 bits per heavy atom. The van der Waals surface area contributed by atoms with Gasteiger partial charge in [0, 0.05) is 18.3 Å². The Morgan fingerprint density at radius 2 is 1.95 bits per heavy atom. The van der Waals surface area contributed by atoms with Crippen LogP contribution in [0.2, 0.25) is 0 Å². The van der Waals surface area contributed by atoms with Gasteiger partial charge in [0.2, 0.25) is 0 Å². The summed E-state index contributed by atoms with van der Waals surface area (Å²) < 4.78 is 93.2. The van der Waals surface area contributed by atoms with Crippen molar-refractivity contribution in [2.45, 2.75) is 48.4 Å². The molecule has 14 heteroatoms. The maximum atomic E-state index is 14.9. The quantitative estimate of drug-likeness (QED) is 0.210. The van der Waals surface area contributed by atoms with Crippen LogP contribution in [0.3, 0.4) is 0 Å². The molecule has 1 aliphatic carbocycles. The second kappa shape index (κ2) is 12.2. The normalized spacial score (nSPS) is 19.7. The number of carbonyl (C=O) groups is 1. The van der Waals surface area contributed by atoms with Crippen molar-refractivity contribution < 1.29 is 40.2 Å². The first-order valence-electron chi connectivity index (χ1n) is 12.2. The lowest BCUT2D eigenvalue weighted by molar-refractivity contribution is -0.137. The van der Waals surface area contributed by atoms with Crippen molar-refractivity contribution in [3.8, 4) is 5.75 Å². The minimum absolute atomic E-state index is 0.0318. The van der Waals surface area contributed by atoms with E-state index in [-0.39, 0.29) is 30.7 Å². The Bertz CT molecular complexity index is 1430. The molecule has 2 aromatic carbocycles. The van der Waals surface area contributed by atoms with Crippen molar-refractivity contribution in [2.75, 3.05) is 18.5 Å². The molecule has 3 atom stereocenters. The third-order valence-electron chi connectivity index (χ3n) is 6.65. The molecule has 1 N–H and O–H groups in total. The standard InChI is InChI=1S/C26H26F4N4O5S/c1-34(15-38-16-35)22-12-18(17-3-2-4-19(11-17)26(28,29)30)5-7-23(22)39-20-6-8-24(21(27)13-20)40(36,37)33-25-9-10-31-14-32-25/h2-4,6,8-11,13-14,16,18,22-23H,5,7,12,15H2,1H3,(H,31,32,33)/t18-,22-,23-/m0/s1. The molecule has 9 nitrogen and oxygen atoms in total. The Kier molecular flexibility index (Phi) is 8.88. The number of hydrogen-bond donors (Lipinski definition) is 1. The van der Waals surface area contributed by atoms with Crippen LogP contribution in [-0.4, -0.2) is 55.7 Å². The van der Waals surface area contributed by atoms with Crippen molar-refractivity contribution >= 4 is 22.3 Å². The van der Waals surface area contributed by atoms with Crippen molar-refractivity contribution in [2.24, 2.45) is 0 Å². The number of anilines is 1. The highest BCUT2D eigenvalue weighted by Gasteiger charge is 2.37. The van der Waals surface area contributed by atoms with E-state index in [2.05, 4.69) is 14.7 Å². The minimum atomic E-state index is -4.47. The lowest BCUT2D eigenvalue weighted by Crippen LogP contribution is -2.48. The van der Waals surface area contributed by atoms with Crippen molar-refractivity contribution in [1.29, 1.82) is 0 Å². The van der Waals surface area contributed by atoms with Gasteiger partial charge in [0.05, 0.1) is 5.56 Å². The number of carbonyl (C=O) groups excluding carboxylic acids is 1. The van der Waals surface area contributed by atoms with Gasteiger partial charge in [-0.15, -0.1) is 0 Å². The molecular formula is C26H26F4N4O5S. The number of rotatable bonds is 10. The van der Waals surface area contributed by atoms with Crippen LogP contribution in [0.4, 0.5) is 23.4 Å². The van der Waals surface area contributed by atoms with Gasteiger partial charge in [-0.1, -0.05) is 18.2 Å². The lowest BCUT2D eigenvalue weighted by atomic mass is 9.79. The molecular weight excluding hydrogens is 556 g/mol. The average molecular weight is 583 g/mol. The third-order valence-corrected chi connectivity index (χ3v) is 8.04. The second-order valence-electron chi connectivity index (χ2n) is 9.30. The molecule has 1 aliphatic rings. The molecule has 0 amide bonds. The fourth-order valence-electron chi connectivity index (χ4n) is 4.73. The molecule has 1 heterocycles. The zero-order valence-electron chi connectivity index (χ0n) is 21.2. The second-order valence-corrected chi connectivity index (χ2v) is 10.9. The van der Waals surface area contributed by atoms with Crippen molar-refractivity contribution in [3.05, 3.63) is 78.0 Å². The summed E-state index contributed by atoms with van der Waals surface area (Å²) in [6, 6.07) is 9.39. The monoisotopic (exact) mass is 582 g/mol. The number of benzene rings is 2. The Balaban J connectivity index is 1.53. The van der Waals surface area contributed by atoms with Crippen LogP contribution in [0.15, 0.2) is 66.0 Å². The van der Waals surface area contributed by atoms with Gasteiger partial charge in [-0.2, -0.15) is 13.2 Å². The number of ether oxygens (including phenoxy) is 2. The Hall–Kier alpha value is -3.78. The summed E-state index contributed by atoms with van der Waals surface area (Å²) in [4.78, 5) is 19.3. The molecule has 0 aliphatic heterocycles. The molecule has 4 rings (SSSR count). The molecule has 1 saturated carbocycles. The first-order valence-corrected chi connectivity index (χ1v) is 13.6. The summed E-state index contributed by atoms with van der Waals surface area (Å²) >= 11 is 0. The zero-order chi connectivity index (χ0) is 28.9. The number of sulfonamides is 1. The van der Waals surface area contributed by atoms with Crippen LogP contribution in [0.5, 0.6) is 5.75 Å². The van der Waals surface area contributed by atoms with Crippen molar-refractivity contribution in [3.63, 3.8) is 0 Å². The molecule has 0 unspecified atom stereocenters. The number of likely N-dealkylation sites (N-methyl/N-ethyl adjacent to an activating group) is 1. The molecule has 0 bridgehead atoms. The largest absolute Gasteiger partial charge is 0.489 e. The van der Waals surface area contributed by atoms with E-state index < -0.39 is 44.6 Å². The van der Waals surface area contributed by atoms with Crippen LogP contribution < -0.4 is 9.46 Å². The smallest absolute Gasteiger partial charge is 0.416 e. The molecule has 0 radical (unpaired) electrons. The van der Waals surface area contributed by atoms with E-state index in [1.54, 1.807) is 18.0 Å². The fraction of sp³-hybridized carbons (Fsp3) is 0.346. The van der Waals surface area contributed by atoms with Crippen LogP contribution in [-0.2, 0) is 25.7 Å². The number of aromatic nitrogens is 2. The van der Waals surface area contributed by atoms with Gasteiger partial charge < -0.3 is 9.47 Å². The van der Waals surface area contributed by atoms with E-state index >= 15 is 0 Å². The van der Waals surface area contributed by atoms with E-state index in [1.807, 2.05) is 0 Å². The first-order chi connectivity index (χ1) is 19.0. The lowest BCUT2D eigenvalue weighted by Gasteiger charge is -2.40. The molecule has 214 valence electrons. The topological polar surface area (TPSA) is 111 Å². The van der Waals surface area contributed by atoms with Gasteiger partial charge >= 0.3 is 6.18 Å². The van der Waals surface area contributed by atoms with Gasteiger partial charge in [-0.25, -0.2) is 22.8 Å². The highest BCUT2D eigenvalue weighted by atomic mass is 32.2. The Morgan fingerprint density at radius 1 is 1.15 bits per heavy atom. The highest BCUT2D eigenvalue weighted by molar-refractivity contribution is 7.92. The van der Waals surface area contributed by atoms with Gasteiger partial charge in [0.25, 0.3) is 16.5 Å². The SMILES string of the molecule is CN(COC=O)[C@H]1C[C@@H](c2cccc(C(F)(F)F)c2)CC[C@@H]1Oc1ccc(S(=O)(=O)Nc2ccncn2)c(F)c1. The third kappa shape index (κ3) is 7.04. The van der Waals surface area contributed by atoms with Gasteiger partial charge in [0.1, 0.15) is 41.4 Å². The van der Waals surface area contributed by atoms with Crippen molar-refractivity contribution in [1.82, 2.24) is 14.9 Å². The van der Waals surface area contributed by atoms with Crippen LogP contribution in [0.25, 0.3) is 0 Å². The molecule has 0 spiro atoms. The molecule has 1 fully saturated rings. The van der Waals surface area contributed by atoms with Crippen LogP contribution >= 0.6 is 0 Å². The number of halogens is 4. The van der Waals surface area contributed by atoms with Gasteiger partial charge in [-0.3, -0.25) is 14.4 Å². The molecule has 0 saturated heterocycles. The summed E-state index contributed by atoms with van der Waals surface area (Å²) in [5, 5.41) is 0. The number of nitrogens with one attached hydrogen (secondary N) is 1. The van der Waals surface area contributed by atoms with E-state index in [4.69, 9.17) is 9.47 Å². The first kappa shape index (κ1) is 29.2. The van der Waals surface area contributed by atoms with E-state index in [9.17, 15) is 30.8 Å². The van der Waals surface area contributed by atoms with Crippen LogP contribution in [0.1, 0.15) is 36.3 Å². The maximum Gasteiger partial charge on any atom is 0.416 e. The van der Waals surface area contributed by atoms with Gasteiger partial charge in [-0.05, 0) is 62.1 Å². The molecule has 3 aromatic rings. The summed E-state index contributed by atoms with van der Waals surface area (Å²) in [6.45, 7) is 0.188. The van der Waals surface area contributed by atoms with E-state index in [0.29, 0.717) is 24.8 Å². The number of hydrogen-bond acceptors (Lipinski definition) is 8. The highest BCUT2D eigenvalue weighted by Crippen LogP contribution is 2.39. The number of nitrogens with zero attached hydrogens (tertiary/aromatic N) is 3. The maximum absolute atomic E-state index is 14.9. The molecule has 1 aromatic heterocycles. The summed E-state index contributed by atoms with van der Waals surface area (Å²) in [5.74, 6) is -1.25. The number of alkyl halides is 3. The minimum Gasteiger partial charge on any atom is -0.489 e. The van der Waals surface area contributed by atoms with Crippen LogP contribution in [0, 0.1) is 5.82 Å².